The molecule has 0 aliphatic heterocycles. The van der Waals surface area contributed by atoms with Gasteiger partial charge in [-0.1, -0.05) is 77.3 Å². The molecule has 1 amide bonds. The Morgan fingerprint density at radius 1 is 0.962 bits per heavy atom. The van der Waals surface area contributed by atoms with Crippen molar-refractivity contribution < 1.29 is 19.4 Å². The number of nitrogens with one attached hydrogen (secondary N) is 1. The van der Waals surface area contributed by atoms with Gasteiger partial charge in [0.15, 0.2) is 0 Å². The van der Waals surface area contributed by atoms with E-state index in [0.717, 1.165) is 18.8 Å². The van der Waals surface area contributed by atoms with E-state index in [1.807, 2.05) is 0 Å². The molecule has 0 heterocycles. The van der Waals surface area contributed by atoms with Crippen LogP contribution in [0.3, 0.4) is 0 Å². The van der Waals surface area contributed by atoms with Crippen molar-refractivity contribution in [1.82, 2.24) is 0 Å². The first kappa shape index (κ1) is 22.0. The molecule has 1 aromatic rings. The van der Waals surface area contributed by atoms with E-state index in [1.165, 1.54) is 44.9 Å². The van der Waals surface area contributed by atoms with Crippen LogP contribution >= 0.6 is 0 Å². The van der Waals surface area contributed by atoms with E-state index in [0.29, 0.717) is 6.61 Å². The average molecular weight is 363 g/mol. The number of carbonyl (C=O) groups excluding carboxylic acids is 1. The molecule has 0 aromatic heterocycles. The summed E-state index contributed by atoms with van der Waals surface area (Å²) >= 11 is 0. The molecular formula is C21H33NO4. The van der Waals surface area contributed by atoms with Crippen LogP contribution in [-0.4, -0.2) is 23.8 Å². The van der Waals surface area contributed by atoms with Gasteiger partial charge >= 0.3 is 12.1 Å². The highest BCUT2D eigenvalue weighted by molar-refractivity contribution is 5.99. The summed E-state index contributed by atoms with van der Waals surface area (Å²) in [6, 6.07) is 6.47. The van der Waals surface area contributed by atoms with Gasteiger partial charge in [0.25, 0.3) is 0 Å². The number of unbranched alkanes of at least 4 members (excludes halogenated alkanes) is 7. The number of rotatable bonds is 13. The summed E-state index contributed by atoms with van der Waals surface area (Å²) in [5.41, 5.74) is 0.499. The summed E-state index contributed by atoms with van der Waals surface area (Å²) < 4.78 is 5.26. The number of esters is 1. The lowest BCUT2D eigenvalue weighted by Gasteiger charge is -2.09. The second-order valence-corrected chi connectivity index (χ2v) is 7.12. The molecule has 0 fully saturated rings. The first-order valence-corrected chi connectivity index (χ1v) is 9.76. The molecule has 0 aliphatic carbocycles. The number of anilines is 1. The summed E-state index contributed by atoms with van der Waals surface area (Å²) in [6.07, 6.45) is 9.69. The Balaban J connectivity index is 2.10. The Bertz CT molecular complexity index is 543. The van der Waals surface area contributed by atoms with Crippen LogP contribution in [0.5, 0.6) is 0 Å². The largest absolute Gasteiger partial charge is 0.465 e. The summed E-state index contributed by atoms with van der Waals surface area (Å²) in [4.78, 5) is 22.8. The van der Waals surface area contributed by atoms with Gasteiger partial charge in [0.2, 0.25) is 0 Å². The van der Waals surface area contributed by atoms with Crippen LogP contribution in [0, 0.1) is 5.92 Å². The molecule has 2 N–H and O–H groups in total. The van der Waals surface area contributed by atoms with Crippen molar-refractivity contribution in [1.29, 1.82) is 0 Å². The van der Waals surface area contributed by atoms with E-state index in [4.69, 9.17) is 9.84 Å². The fourth-order valence-electron chi connectivity index (χ4n) is 2.84. The Morgan fingerprint density at radius 3 is 2.15 bits per heavy atom. The summed E-state index contributed by atoms with van der Waals surface area (Å²) in [5, 5.41) is 11.0. The van der Waals surface area contributed by atoms with Crippen molar-refractivity contribution in [3.05, 3.63) is 29.8 Å². The maximum atomic E-state index is 12.1. The zero-order valence-corrected chi connectivity index (χ0v) is 16.1. The van der Waals surface area contributed by atoms with Crippen molar-refractivity contribution in [3.8, 4) is 0 Å². The van der Waals surface area contributed by atoms with Gasteiger partial charge in [0.05, 0.1) is 17.9 Å². The number of carboxylic acid groups (broad SMARTS) is 1. The second kappa shape index (κ2) is 13.2. The Morgan fingerprint density at radius 2 is 1.54 bits per heavy atom. The molecule has 146 valence electrons. The zero-order chi connectivity index (χ0) is 19.2. The first-order chi connectivity index (χ1) is 12.5. The highest BCUT2D eigenvalue weighted by atomic mass is 16.5. The second-order valence-electron chi connectivity index (χ2n) is 7.12. The van der Waals surface area contributed by atoms with Crippen molar-refractivity contribution in [3.63, 3.8) is 0 Å². The number of ether oxygens (including phenoxy) is 1. The van der Waals surface area contributed by atoms with Crippen LogP contribution < -0.4 is 5.32 Å². The van der Waals surface area contributed by atoms with Crippen LogP contribution in [0.4, 0.5) is 10.5 Å². The maximum absolute atomic E-state index is 12.1. The highest BCUT2D eigenvalue weighted by Gasteiger charge is 2.13. The lowest BCUT2D eigenvalue weighted by atomic mass is 10.0. The van der Waals surface area contributed by atoms with Gasteiger partial charge in [-0.25, -0.2) is 9.59 Å². The van der Waals surface area contributed by atoms with Gasteiger partial charge in [-0.05, 0) is 24.5 Å². The third-order valence-corrected chi connectivity index (χ3v) is 4.30. The van der Waals surface area contributed by atoms with Gasteiger partial charge in [0.1, 0.15) is 0 Å². The molecule has 1 aromatic carbocycles. The molecule has 0 spiro atoms. The monoisotopic (exact) mass is 363 g/mol. The van der Waals surface area contributed by atoms with Gasteiger partial charge in [0, 0.05) is 0 Å². The quantitative estimate of drug-likeness (QED) is 0.328. The molecule has 0 saturated carbocycles. The van der Waals surface area contributed by atoms with Crippen molar-refractivity contribution in [2.45, 2.75) is 71.6 Å². The minimum absolute atomic E-state index is 0.247. The fraction of sp³-hybridized carbons (Fsp3) is 0.619. The zero-order valence-electron chi connectivity index (χ0n) is 16.1. The average Bonchev–Trinajstić information content (AvgIpc) is 2.59. The van der Waals surface area contributed by atoms with Gasteiger partial charge in [-0.2, -0.15) is 0 Å². The lowest BCUT2D eigenvalue weighted by molar-refractivity contribution is 0.0499. The Kier molecular flexibility index (Phi) is 11.2. The number of benzene rings is 1. The molecule has 26 heavy (non-hydrogen) atoms. The molecule has 1 rings (SSSR count). The number of hydrogen-bond acceptors (Lipinski definition) is 3. The van der Waals surface area contributed by atoms with Gasteiger partial charge in [-0.3, -0.25) is 5.32 Å². The van der Waals surface area contributed by atoms with Crippen LogP contribution in [-0.2, 0) is 4.74 Å². The molecule has 5 heteroatoms. The predicted molar refractivity (Wildman–Crippen MR) is 105 cm³/mol. The van der Waals surface area contributed by atoms with Crippen molar-refractivity contribution >= 4 is 17.7 Å². The smallest absolute Gasteiger partial charge is 0.409 e. The molecule has 5 nitrogen and oxygen atoms in total. The molecule has 0 bridgehead atoms. The SMILES string of the molecule is CC(C)CCCCCCCCCCOC(=O)c1ccccc1NC(=O)O. The van der Waals surface area contributed by atoms with Gasteiger partial charge in [-0.15, -0.1) is 0 Å². The van der Waals surface area contributed by atoms with Crippen LogP contribution in [0.1, 0.15) is 82.0 Å². The van der Waals surface area contributed by atoms with Crippen molar-refractivity contribution in [2.24, 2.45) is 5.92 Å². The number of hydrogen-bond donors (Lipinski definition) is 2. The van der Waals surface area contributed by atoms with E-state index in [9.17, 15) is 9.59 Å². The van der Waals surface area contributed by atoms with E-state index in [2.05, 4.69) is 19.2 Å². The Labute approximate surface area is 157 Å². The topological polar surface area (TPSA) is 75.6 Å². The number of para-hydroxylation sites is 1. The van der Waals surface area contributed by atoms with Crippen LogP contribution in [0.2, 0.25) is 0 Å². The van der Waals surface area contributed by atoms with E-state index < -0.39 is 12.1 Å². The molecule has 0 atom stereocenters. The molecule has 0 aliphatic rings. The molecule has 0 radical (unpaired) electrons. The van der Waals surface area contributed by atoms with E-state index >= 15 is 0 Å². The van der Waals surface area contributed by atoms with E-state index in [1.54, 1.807) is 24.3 Å². The minimum Gasteiger partial charge on any atom is -0.465 e. The van der Waals surface area contributed by atoms with Crippen LogP contribution in [0.15, 0.2) is 24.3 Å². The highest BCUT2D eigenvalue weighted by Crippen LogP contribution is 2.17. The molecular weight excluding hydrogens is 330 g/mol. The normalized spacial score (nSPS) is 10.7. The van der Waals surface area contributed by atoms with Crippen LogP contribution in [0.25, 0.3) is 0 Å². The molecule has 0 unspecified atom stereocenters. The minimum atomic E-state index is -1.20. The molecule has 0 saturated heterocycles. The van der Waals surface area contributed by atoms with Gasteiger partial charge < -0.3 is 9.84 Å². The predicted octanol–water partition coefficient (Wildman–Crippen LogP) is 6.10. The van der Waals surface area contributed by atoms with Crippen molar-refractivity contribution in [2.75, 3.05) is 11.9 Å². The lowest BCUT2D eigenvalue weighted by Crippen LogP contribution is -2.13. The summed E-state index contributed by atoms with van der Waals surface area (Å²) in [7, 11) is 0. The fourth-order valence-corrected chi connectivity index (χ4v) is 2.84. The summed E-state index contributed by atoms with van der Waals surface area (Å²) in [5.74, 6) is 0.323. The maximum Gasteiger partial charge on any atom is 0.409 e. The Hall–Kier alpha value is -2.04. The summed E-state index contributed by atoms with van der Waals surface area (Å²) in [6.45, 7) is 4.91. The first-order valence-electron chi connectivity index (χ1n) is 9.76. The standard InChI is InChI=1S/C21H33NO4/c1-17(2)13-9-7-5-3-4-6-8-12-16-26-20(23)18-14-10-11-15-19(18)22-21(24)25/h10-11,14-15,17,22H,3-9,12-13,16H2,1-2H3,(H,24,25). The number of amides is 1. The van der Waals surface area contributed by atoms with E-state index in [-0.39, 0.29) is 11.3 Å². The third-order valence-electron chi connectivity index (χ3n) is 4.30. The third kappa shape index (κ3) is 10.1. The number of carbonyl (C=O) groups is 2.